The lowest BCUT2D eigenvalue weighted by Crippen LogP contribution is -2.53. The van der Waals surface area contributed by atoms with E-state index in [0.29, 0.717) is 25.4 Å². The molecule has 5 nitrogen and oxygen atoms in total. The predicted octanol–water partition coefficient (Wildman–Crippen LogP) is 2.02. The number of aliphatic carboxylic acids is 1. The van der Waals surface area contributed by atoms with Gasteiger partial charge in [-0.25, -0.2) is 4.79 Å². The molecular weight excluding hydrogens is 244 g/mol. The number of hydrogen-bond donors (Lipinski definition) is 1. The number of carboxylic acids is 1. The van der Waals surface area contributed by atoms with Gasteiger partial charge in [0, 0.05) is 25.7 Å². The summed E-state index contributed by atoms with van der Waals surface area (Å²) in [7, 11) is 0. The Morgan fingerprint density at radius 1 is 1.32 bits per heavy atom. The van der Waals surface area contributed by atoms with E-state index in [1.807, 2.05) is 4.90 Å². The second kappa shape index (κ2) is 5.02. The third-order valence-corrected chi connectivity index (χ3v) is 4.51. The van der Waals surface area contributed by atoms with Crippen LogP contribution in [-0.2, 0) is 4.79 Å². The molecule has 0 aromatic carbocycles. The molecule has 0 spiro atoms. The van der Waals surface area contributed by atoms with Crippen LogP contribution in [0.1, 0.15) is 40.0 Å². The molecule has 3 atom stereocenters. The lowest BCUT2D eigenvalue weighted by molar-refractivity contribution is -0.150. The molecule has 2 amide bonds. The van der Waals surface area contributed by atoms with Crippen molar-refractivity contribution < 1.29 is 14.7 Å². The van der Waals surface area contributed by atoms with E-state index in [1.54, 1.807) is 11.8 Å². The number of hydrogen-bond acceptors (Lipinski definition) is 2. The molecule has 5 heteroatoms. The van der Waals surface area contributed by atoms with E-state index in [9.17, 15) is 14.7 Å². The number of carboxylic acid groups (broad SMARTS) is 1. The Labute approximate surface area is 114 Å². The van der Waals surface area contributed by atoms with Crippen molar-refractivity contribution in [3.05, 3.63) is 0 Å². The first kappa shape index (κ1) is 14.2. The lowest BCUT2D eigenvalue weighted by Gasteiger charge is -2.40. The Bertz CT molecular complexity index is 385. The average Bonchev–Trinajstić information content (AvgIpc) is 2.67. The fourth-order valence-electron chi connectivity index (χ4n) is 3.33. The van der Waals surface area contributed by atoms with Crippen molar-refractivity contribution in [2.24, 2.45) is 11.3 Å². The van der Waals surface area contributed by atoms with Crippen molar-refractivity contribution in [1.29, 1.82) is 0 Å². The zero-order valence-corrected chi connectivity index (χ0v) is 12.1. The van der Waals surface area contributed by atoms with Crippen LogP contribution in [0.15, 0.2) is 0 Å². The monoisotopic (exact) mass is 268 g/mol. The molecule has 0 aromatic rings. The van der Waals surface area contributed by atoms with Crippen LogP contribution >= 0.6 is 0 Å². The summed E-state index contributed by atoms with van der Waals surface area (Å²) in [5.41, 5.74) is -0.789. The highest BCUT2D eigenvalue weighted by atomic mass is 16.4. The molecule has 108 valence electrons. The van der Waals surface area contributed by atoms with Gasteiger partial charge < -0.3 is 14.9 Å². The van der Waals surface area contributed by atoms with Crippen LogP contribution in [0, 0.1) is 11.3 Å². The molecule has 0 radical (unpaired) electrons. The van der Waals surface area contributed by atoms with Gasteiger partial charge in [0.25, 0.3) is 0 Å². The number of nitrogens with zero attached hydrogens (tertiary/aromatic N) is 2. The lowest BCUT2D eigenvalue weighted by atomic mass is 9.82. The summed E-state index contributed by atoms with van der Waals surface area (Å²) in [6, 6.07) is 0.282. The van der Waals surface area contributed by atoms with Gasteiger partial charge in [-0.1, -0.05) is 6.92 Å². The number of piperidine rings is 1. The van der Waals surface area contributed by atoms with Crippen LogP contribution in [0.25, 0.3) is 0 Å². The van der Waals surface area contributed by atoms with Gasteiger partial charge in [-0.05, 0) is 39.0 Å². The van der Waals surface area contributed by atoms with Gasteiger partial charge in [0.1, 0.15) is 0 Å². The Kier molecular flexibility index (Phi) is 3.74. The molecule has 2 aliphatic heterocycles. The van der Waals surface area contributed by atoms with Crippen molar-refractivity contribution in [3.8, 4) is 0 Å². The van der Waals surface area contributed by atoms with Crippen molar-refractivity contribution >= 4 is 12.0 Å². The van der Waals surface area contributed by atoms with Crippen LogP contribution in [0.4, 0.5) is 4.79 Å². The topological polar surface area (TPSA) is 60.9 Å². The molecule has 2 fully saturated rings. The second-order valence-corrected chi connectivity index (χ2v) is 6.52. The zero-order chi connectivity index (χ0) is 14.2. The molecular formula is C14H24N2O3. The summed E-state index contributed by atoms with van der Waals surface area (Å²) in [5, 5.41) is 9.30. The highest BCUT2D eigenvalue weighted by Gasteiger charge is 2.41. The van der Waals surface area contributed by atoms with E-state index in [2.05, 4.69) is 13.8 Å². The van der Waals surface area contributed by atoms with Crippen molar-refractivity contribution in [1.82, 2.24) is 9.80 Å². The summed E-state index contributed by atoms with van der Waals surface area (Å²) >= 11 is 0. The number of rotatable bonds is 1. The summed E-state index contributed by atoms with van der Waals surface area (Å²) in [5.74, 6) is -0.262. The van der Waals surface area contributed by atoms with Gasteiger partial charge >= 0.3 is 12.0 Å². The molecule has 2 saturated heterocycles. The van der Waals surface area contributed by atoms with E-state index in [4.69, 9.17) is 0 Å². The molecule has 0 saturated carbocycles. The van der Waals surface area contributed by atoms with Gasteiger partial charge in [-0.3, -0.25) is 4.79 Å². The minimum atomic E-state index is -0.798. The summed E-state index contributed by atoms with van der Waals surface area (Å²) in [6.45, 7) is 7.77. The van der Waals surface area contributed by atoms with Crippen molar-refractivity contribution in [3.63, 3.8) is 0 Å². The zero-order valence-electron chi connectivity index (χ0n) is 12.1. The quantitative estimate of drug-likeness (QED) is 0.791. The minimum Gasteiger partial charge on any atom is -0.481 e. The van der Waals surface area contributed by atoms with Crippen molar-refractivity contribution in [2.75, 3.05) is 19.6 Å². The van der Waals surface area contributed by atoms with Crippen molar-refractivity contribution in [2.45, 2.75) is 46.1 Å². The molecule has 3 unspecified atom stereocenters. The van der Waals surface area contributed by atoms with Gasteiger partial charge in [0.2, 0.25) is 0 Å². The highest BCUT2D eigenvalue weighted by molar-refractivity contribution is 5.79. The van der Waals surface area contributed by atoms with E-state index in [0.717, 1.165) is 19.4 Å². The van der Waals surface area contributed by atoms with Crippen LogP contribution in [0.3, 0.4) is 0 Å². The van der Waals surface area contributed by atoms with Crippen LogP contribution in [0.2, 0.25) is 0 Å². The molecule has 19 heavy (non-hydrogen) atoms. The van der Waals surface area contributed by atoms with Crippen LogP contribution < -0.4 is 0 Å². The SMILES string of the molecule is CC1CC(C)N(C(=O)N2CCCC(C)(C(=O)O)C2)C1. The maximum Gasteiger partial charge on any atom is 0.320 e. The standard InChI is InChI=1S/C14H24N2O3/c1-10-7-11(2)16(8-10)13(19)15-6-4-5-14(3,9-15)12(17)18/h10-11H,4-9H2,1-3H3,(H,17,18). The molecule has 2 rings (SSSR count). The normalized spacial score (nSPS) is 35.5. The molecule has 0 bridgehead atoms. The summed E-state index contributed by atoms with van der Waals surface area (Å²) in [4.78, 5) is 27.5. The molecule has 0 aliphatic carbocycles. The number of amides is 2. The van der Waals surface area contributed by atoms with E-state index in [-0.39, 0.29) is 12.1 Å². The third kappa shape index (κ3) is 2.69. The fourth-order valence-corrected chi connectivity index (χ4v) is 3.33. The van der Waals surface area contributed by atoms with E-state index < -0.39 is 11.4 Å². The van der Waals surface area contributed by atoms with Crippen LogP contribution in [-0.4, -0.2) is 52.6 Å². The first-order valence-electron chi connectivity index (χ1n) is 7.12. The number of carbonyl (C=O) groups excluding carboxylic acids is 1. The second-order valence-electron chi connectivity index (χ2n) is 6.52. The van der Waals surface area contributed by atoms with Crippen LogP contribution in [0.5, 0.6) is 0 Å². The van der Waals surface area contributed by atoms with Gasteiger partial charge in [-0.2, -0.15) is 0 Å². The van der Waals surface area contributed by atoms with E-state index in [1.165, 1.54) is 0 Å². The molecule has 2 aliphatic rings. The Morgan fingerprint density at radius 2 is 2.00 bits per heavy atom. The number of urea groups is 1. The largest absolute Gasteiger partial charge is 0.481 e. The molecule has 1 N–H and O–H groups in total. The summed E-state index contributed by atoms with van der Waals surface area (Å²) in [6.07, 6.45) is 2.46. The maximum atomic E-state index is 12.5. The minimum absolute atomic E-state index is 0.0176. The first-order chi connectivity index (χ1) is 8.83. The number of carbonyl (C=O) groups is 2. The molecule has 0 aromatic heterocycles. The van der Waals surface area contributed by atoms with Gasteiger partial charge in [0.15, 0.2) is 0 Å². The predicted molar refractivity (Wildman–Crippen MR) is 71.9 cm³/mol. The average molecular weight is 268 g/mol. The fraction of sp³-hybridized carbons (Fsp3) is 0.857. The smallest absolute Gasteiger partial charge is 0.320 e. The Balaban J connectivity index is 2.05. The number of likely N-dealkylation sites (tertiary alicyclic amines) is 2. The third-order valence-electron chi connectivity index (χ3n) is 4.51. The first-order valence-corrected chi connectivity index (χ1v) is 7.12. The maximum absolute atomic E-state index is 12.5. The Morgan fingerprint density at radius 3 is 2.53 bits per heavy atom. The molecule has 2 heterocycles. The summed E-state index contributed by atoms with van der Waals surface area (Å²) < 4.78 is 0. The van der Waals surface area contributed by atoms with Gasteiger partial charge in [-0.15, -0.1) is 0 Å². The highest BCUT2D eigenvalue weighted by Crippen LogP contribution is 2.31. The van der Waals surface area contributed by atoms with Gasteiger partial charge in [0.05, 0.1) is 5.41 Å². The Hall–Kier alpha value is -1.26. The van der Waals surface area contributed by atoms with E-state index >= 15 is 0 Å².